The first-order chi connectivity index (χ1) is 8.92. The van der Waals surface area contributed by atoms with Crippen LogP contribution >= 0.6 is 23.7 Å². The predicted octanol–water partition coefficient (Wildman–Crippen LogP) is 0.712. The van der Waals surface area contributed by atoms with Crippen molar-refractivity contribution in [3.05, 3.63) is 22.2 Å². The maximum Gasteiger partial charge on any atom is 0.335 e. The fourth-order valence-corrected chi connectivity index (χ4v) is 4.27. The Morgan fingerprint density at radius 2 is 2.37 bits per heavy atom. The van der Waals surface area contributed by atoms with E-state index in [0.29, 0.717) is 9.99 Å². The quantitative estimate of drug-likeness (QED) is 0.845. The molecule has 0 aliphatic carbocycles. The number of carboxylic acids is 1. The van der Waals surface area contributed by atoms with E-state index in [9.17, 15) is 14.7 Å². The summed E-state index contributed by atoms with van der Waals surface area (Å²) in [6.45, 7) is 3.08. The highest BCUT2D eigenvalue weighted by atomic mass is 32.2. The van der Waals surface area contributed by atoms with Crippen LogP contribution in [0, 0.1) is 0 Å². The van der Waals surface area contributed by atoms with Crippen molar-refractivity contribution in [3.8, 4) is 0 Å². The van der Waals surface area contributed by atoms with Crippen molar-refractivity contribution in [1.29, 1.82) is 0 Å². The number of rotatable bonds is 4. The summed E-state index contributed by atoms with van der Waals surface area (Å²) in [5.74, 6) is -0.816. The molecule has 2 heterocycles. The molecule has 0 saturated carbocycles. The van der Waals surface area contributed by atoms with Crippen LogP contribution in [0.3, 0.4) is 0 Å². The van der Waals surface area contributed by atoms with Crippen molar-refractivity contribution in [2.75, 3.05) is 5.75 Å². The van der Waals surface area contributed by atoms with Gasteiger partial charge in [0, 0.05) is 24.6 Å². The number of amides is 1. The number of aromatic nitrogens is 3. The molecule has 7 nitrogen and oxygen atoms in total. The molecule has 0 aromatic carbocycles. The van der Waals surface area contributed by atoms with Crippen LogP contribution in [0.2, 0.25) is 0 Å². The normalized spacial score (nSPS) is 22.6. The zero-order chi connectivity index (χ0) is 14.0. The van der Waals surface area contributed by atoms with Gasteiger partial charge in [-0.05, 0) is 6.92 Å². The van der Waals surface area contributed by atoms with Crippen molar-refractivity contribution in [2.45, 2.75) is 19.4 Å². The standard InChI is InChI=1S/C10H12N4O3S2/c1-6(15)12-10(2)5-18-9(7(10)8(16)17)19-14-4-3-11-13-14/h3-4H,5H2,1-2H3,(H,12,15)(H,16,17). The van der Waals surface area contributed by atoms with E-state index in [4.69, 9.17) is 0 Å². The van der Waals surface area contributed by atoms with E-state index >= 15 is 0 Å². The molecule has 102 valence electrons. The van der Waals surface area contributed by atoms with Gasteiger partial charge in [-0.15, -0.1) is 16.9 Å². The maximum absolute atomic E-state index is 11.5. The van der Waals surface area contributed by atoms with E-state index in [-0.39, 0.29) is 11.5 Å². The number of carboxylic acid groups (broad SMARTS) is 1. The van der Waals surface area contributed by atoms with Gasteiger partial charge in [0.25, 0.3) is 0 Å². The Morgan fingerprint density at radius 1 is 1.63 bits per heavy atom. The van der Waals surface area contributed by atoms with E-state index in [1.54, 1.807) is 13.1 Å². The summed E-state index contributed by atoms with van der Waals surface area (Å²) in [6, 6.07) is 0. The van der Waals surface area contributed by atoms with Crippen molar-refractivity contribution in [3.63, 3.8) is 0 Å². The summed E-state index contributed by atoms with van der Waals surface area (Å²) in [7, 11) is 0. The molecule has 1 atom stereocenters. The molecule has 1 unspecified atom stereocenters. The van der Waals surface area contributed by atoms with Gasteiger partial charge in [0.05, 0.1) is 27.7 Å². The molecule has 2 N–H and O–H groups in total. The molecule has 0 bridgehead atoms. The zero-order valence-electron chi connectivity index (χ0n) is 10.3. The number of nitrogens with one attached hydrogen (secondary N) is 1. The van der Waals surface area contributed by atoms with Crippen LogP contribution in [-0.2, 0) is 9.59 Å². The maximum atomic E-state index is 11.5. The molecule has 0 radical (unpaired) electrons. The van der Waals surface area contributed by atoms with E-state index in [0.717, 1.165) is 0 Å². The highest BCUT2D eigenvalue weighted by molar-refractivity contribution is 8.21. The number of nitrogens with zero attached hydrogens (tertiary/aromatic N) is 3. The Hall–Kier alpha value is -1.48. The summed E-state index contributed by atoms with van der Waals surface area (Å²) in [5.41, 5.74) is -0.682. The average molecular weight is 300 g/mol. The fourth-order valence-electron chi connectivity index (χ4n) is 1.79. The number of aliphatic carboxylic acids is 1. The molecule has 1 aliphatic heterocycles. The predicted molar refractivity (Wildman–Crippen MR) is 72.4 cm³/mol. The fraction of sp³-hybridized carbons (Fsp3) is 0.400. The summed E-state index contributed by atoms with van der Waals surface area (Å²) in [5, 5.41) is 19.5. The molecule has 2 rings (SSSR count). The van der Waals surface area contributed by atoms with E-state index in [1.165, 1.54) is 40.9 Å². The van der Waals surface area contributed by atoms with E-state index in [2.05, 4.69) is 15.6 Å². The first-order valence-corrected chi connectivity index (χ1v) is 7.12. The molecule has 0 spiro atoms. The smallest absolute Gasteiger partial charge is 0.335 e. The molecule has 1 aliphatic rings. The average Bonchev–Trinajstić information content (AvgIpc) is 2.86. The lowest BCUT2D eigenvalue weighted by Crippen LogP contribution is -2.48. The van der Waals surface area contributed by atoms with Gasteiger partial charge in [-0.3, -0.25) is 4.79 Å². The lowest BCUT2D eigenvalue weighted by atomic mass is 9.95. The van der Waals surface area contributed by atoms with Gasteiger partial charge in [-0.2, -0.15) is 4.09 Å². The van der Waals surface area contributed by atoms with Crippen LogP contribution < -0.4 is 5.32 Å². The number of hydrogen-bond acceptors (Lipinski definition) is 6. The Balaban J connectivity index is 2.32. The molecule has 1 aromatic heterocycles. The molecule has 9 heteroatoms. The van der Waals surface area contributed by atoms with Crippen molar-refractivity contribution < 1.29 is 14.7 Å². The number of hydrogen-bond donors (Lipinski definition) is 2. The third-order valence-electron chi connectivity index (χ3n) is 2.49. The van der Waals surface area contributed by atoms with Gasteiger partial charge in [0.15, 0.2) is 0 Å². The SMILES string of the molecule is CC(=O)NC1(C)CSC(Sn2ccnn2)=C1C(=O)O. The van der Waals surface area contributed by atoms with Gasteiger partial charge < -0.3 is 10.4 Å². The van der Waals surface area contributed by atoms with Gasteiger partial charge in [0.2, 0.25) is 5.91 Å². The van der Waals surface area contributed by atoms with Crippen molar-refractivity contribution in [1.82, 2.24) is 19.7 Å². The Bertz CT molecular complexity index is 543. The van der Waals surface area contributed by atoms with Crippen LogP contribution in [0.5, 0.6) is 0 Å². The molecule has 1 aromatic rings. The van der Waals surface area contributed by atoms with Gasteiger partial charge in [-0.25, -0.2) is 4.79 Å². The second kappa shape index (κ2) is 5.25. The monoisotopic (exact) mass is 300 g/mol. The molecule has 1 amide bonds. The zero-order valence-corrected chi connectivity index (χ0v) is 11.9. The first-order valence-electron chi connectivity index (χ1n) is 5.36. The summed E-state index contributed by atoms with van der Waals surface area (Å²) in [6.07, 6.45) is 3.15. The first kappa shape index (κ1) is 13.9. The number of carbonyl (C=O) groups is 2. The number of thioether (sulfide) groups is 1. The lowest BCUT2D eigenvalue weighted by molar-refractivity contribution is -0.133. The van der Waals surface area contributed by atoms with E-state index < -0.39 is 11.5 Å². The Kier molecular flexibility index (Phi) is 3.85. The summed E-state index contributed by atoms with van der Waals surface area (Å²) < 4.78 is 2.08. The molecule has 0 fully saturated rings. The third kappa shape index (κ3) is 2.92. The van der Waals surface area contributed by atoms with Gasteiger partial charge in [0.1, 0.15) is 0 Å². The second-order valence-electron chi connectivity index (χ2n) is 4.17. The Labute approximate surface area is 117 Å². The highest BCUT2D eigenvalue weighted by Gasteiger charge is 2.42. The Morgan fingerprint density at radius 3 is 2.89 bits per heavy atom. The topological polar surface area (TPSA) is 97.1 Å². The molecule has 19 heavy (non-hydrogen) atoms. The molecular formula is C10H12N4O3S2. The van der Waals surface area contributed by atoms with Crippen LogP contribution in [0.25, 0.3) is 0 Å². The second-order valence-corrected chi connectivity index (χ2v) is 6.38. The van der Waals surface area contributed by atoms with Crippen molar-refractivity contribution in [2.24, 2.45) is 0 Å². The van der Waals surface area contributed by atoms with Crippen LogP contribution in [0.4, 0.5) is 0 Å². The van der Waals surface area contributed by atoms with E-state index in [1.807, 2.05) is 0 Å². The van der Waals surface area contributed by atoms with Gasteiger partial charge >= 0.3 is 5.97 Å². The van der Waals surface area contributed by atoms with Crippen molar-refractivity contribution >= 4 is 35.6 Å². The summed E-state index contributed by atoms with van der Waals surface area (Å²) >= 11 is 2.56. The lowest BCUT2D eigenvalue weighted by Gasteiger charge is -2.25. The third-order valence-corrected chi connectivity index (χ3v) is 5.01. The highest BCUT2D eigenvalue weighted by Crippen LogP contribution is 2.44. The summed E-state index contributed by atoms with van der Waals surface area (Å²) in [4.78, 5) is 22.7. The molecule has 0 saturated heterocycles. The minimum atomic E-state index is -1.04. The van der Waals surface area contributed by atoms with Crippen LogP contribution in [0.1, 0.15) is 13.8 Å². The molecular weight excluding hydrogens is 288 g/mol. The largest absolute Gasteiger partial charge is 0.478 e. The van der Waals surface area contributed by atoms with Crippen LogP contribution in [-0.4, -0.2) is 42.7 Å². The minimum absolute atomic E-state index is 0.188. The minimum Gasteiger partial charge on any atom is -0.478 e. The number of carbonyl (C=O) groups excluding carboxylic acids is 1. The van der Waals surface area contributed by atoms with Crippen LogP contribution in [0.15, 0.2) is 22.2 Å². The van der Waals surface area contributed by atoms with Gasteiger partial charge in [-0.1, -0.05) is 5.21 Å².